The Morgan fingerprint density at radius 3 is 2.70 bits per heavy atom. The van der Waals surface area contributed by atoms with E-state index >= 15 is 0 Å². The van der Waals surface area contributed by atoms with Crippen molar-refractivity contribution in [1.82, 2.24) is 15.0 Å². The Morgan fingerprint density at radius 1 is 1.15 bits per heavy atom. The summed E-state index contributed by atoms with van der Waals surface area (Å²) < 4.78 is 1.05. The van der Waals surface area contributed by atoms with Gasteiger partial charge >= 0.3 is 0 Å². The van der Waals surface area contributed by atoms with Crippen LogP contribution in [0.5, 0.6) is 0 Å². The standard InChI is InChI=1S/C15H13BrN4/c1-9-11(16)5-6-12-13(9)15(17-2)20-14(19-12)10-4-3-7-18-8-10/h3-8H,1-2H3,(H,17,19,20). The van der Waals surface area contributed by atoms with Crippen molar-refractivity contribution in [3.63, 3.8) is 0 Å². The summed E-state index contributed by atoms with van der Waals surface area (Å²) in [6, 6.07) is 7.85. The van der Waals surface area contributed by atoms with Crippen LogP contribution in [0.15, 0.2) is 41.1 Å². The Bertz CT molecular complexity index is 772. The summed E-state index contributed by atoms with van der Waals surface area (Å²) in [7, 11) is 1.87. The van der Waals surface area contributed by atoms with Crippen molar-refractivity contribution in [3.8, 4) is 11.4 Å². The van der Waals surface area contributed by atoms with E-state index in [1.807, 2.05) is 31.3 Å². The number of hydrogen-bond acceptors (Lipinski definition) is 4. The van der Waals surface area contributed by atoms with Gasteiger partial charge in [0.2, 0.25) is 0 Å². The molecule has 0 aliphatic rings. The molecule has 3 aromatic rings. The maximum atomic E-state index is 4.64. The number of pyridine rings is 1. The Labute approximate surface area is 125 Å². The van der Waals surface area contributed by atoms with Gasteiger partial charge in [0.1, 0.15) is 5.82 Å². The van der Waals surface area contributed by atoms with Crippen molar-refractivity contribution >= 4 is 32.7 Å². The summed E-state index contributed by atoms with van der Waals surface area (Å²) in [5.74, 6) is 1.50. The maximum Gasteiger partial charge on any atom is 0.163 e. The van der Waals surface area contributed by atoms with Gasteiger partial charge in [-0.3, -0.25) is 4.98 Å². The molecule has 0 aliphatic carbocycles. The summed E-state index contributed by atoms with van der Waals surface area (Å²) >= 11 is 3.55. The summed E-state index contributed by atoms with van der Waals surface area (Å²) in [5.41, 5.74) is 2.96. The van der Waals surface area contributed by atoms with Crippen LogP contribution >= 0.6 is 15.9 Å². The second-order valence-corrected chi connectivity index (χ2v) is 5.31. The molecule has 1 N–H and O–H groups in total. The number of halogens is 1. The Morgan fingerprint density at radius 2 is 2.00 bits per heavy atom. The van der Waals surface area contributed by atoms with Crippen LogP contribution in [-0.4, -0.2) is 22.0 Å². The van der Waals surface area contributed by atoms with Crippen molar-refractivity contribution in [2.24, 2.45) is 0 Å². The van der Waals surface area contributed by atoms with E-state index in [1.165, 1.54) is 0 Å². The molecular formula is C15H13BrN4. The van der Waals surface area contributed by atoms with E-state index in [9.17, 15) is 0 Å². The number of anilines is 1. The predicted octanol–water partition coefficient (Wildman–Crippen LogP) is 3.80. The molecule has 0 bridgehead atoms. The van der Waals surface area contributed by atoms with Crippen molar-refractivity contribution in [2.45, 2.75) is 6.92 Å². The van der Waals surface area contributed by atoms with Crippen molar-refractivity contribution < 1.29 is 0 Å². The maximum absolute atomic E-state index is 4.64. The van der Waals surface area contributed by atoms with Gasteiger partial charge in [0.05, 0.1) is 5.52 Å². The minimum atomic E-state index is 0.677. The fourth-order valence-electron chi connectivity index (χ4n) is 2.17. The summed E-state index contributed by atoms with van der Waals surface area (Å²) in [4.78, 5) is 13.4. The van der Waals surface area contributed by atoms with E-state index in [-0.39, 0.29) is 0 Å². The first kappa shape index (κ1) is 13.0. The molecular weight excluding hydrogens is 316 g/mol. The van der Waals surface area contributed by atoms with E-state index in [1.54, 1.807) is 12.4 Å². The SMILES string of the molecule is CNc1nc(-c2cccnc2)nc2ccc(Br)c(C)c12. The number of benzene rings is 1. The number of fused-ring (bicyclic) bond motifs is 1. The highest BCUT2D eigenvalue weighted by molar-refractivity contribution is 9.10. The molecule has 0 spiro atoms. The van der Waals surface area contributed by atoms with Crippen molar-refractivity contribution in [2.75, 3.05) is 12.4 Å². The third-order valence-corrected chi connectivity index (χ3v) is 4.07. The molecule has 100 valence electrons. The molecule has 0 atom stereocenters. The van der Waals surface area contributed by atoms with E-state index in [0.717, 1.165) is 32.3 Å². The molecule has 0 fully saturated rings. The summed E-state index contributed by atoms with van der Waals surface area (Å²) in [5, 5.41) is 4.19. The highest BCUT2D eigenvalue weighted by atomic mass is 79.9. The molecule has 2 aromatic heterocycles. The van der Waals surface area contributed by atoms with Crippen LogP contribution in [-0.2, 0) is 0 Å². The number of nitrogens with one attached hydrogen (secondary N) is 1. The van der Waals surface area contributed by atoms with Gasteiger partial charge in [0, 0.05) is 34.9 Å². The molecule has 20 heavy (non-hydrogen) atoms. The average Bonchev–Trinajstić information content (AvgIpc) is 2.50. The monoisotopic (exact) mass is 328 g/mol. The number of aromatic nitrogens is 3. The molecule has 0 aliphatic heterocycles. The molecule has 1 aromatic carbocycles. The highest BCUT2D eigenvalue weighted by Gasteiger charge is 2.12. The molecule has 0 saturated heterocycles. The van der Waals surface area contributed by atoms with E-state index in [2.05, 4.69) is 43.1 Å². The minimum Gasteiger partial charge on any atom is -0.373 e. The van der Waals surface area contributed by atoms with Crippen molar-refractivity contribution in [1.29, 1.82) is 0 Å². The number of nitrogens with zero attached hydrogens (tertiary/aromatic N) is 3. The third-order valence-electron chi connectivity index (χ3n) is 3.21. The average molecular weight is 329 g/mol. The molecule has 2 heterocycles. The van der Waals surface area contributed by atoms with Gasteiger partial charge in [0.15, 0.2) is 5.82 Å². The van der Waals surface area contributed by atoms with Gasteiger partial charge in [-0.25, -0.2) is 9.97 Å². The van der Waals surface area contributed by atoms with Gasteiger partial charge in [-0.2, -0.15) is 0 Å². The molecule has 0 radical (unpaired) electrons. The second-order valence-electron chi connectivity index (χ2n) is 4.45. The smallest absolute Gasteiger partial charge is 0.163 e. The van der Waals surface area contributed by atoms with Gasteiger partial charge in [0.25, 0.3) is 0 Å². The van der Waals surface area contributed by atoms with E-state index in [0.29, 0.717) is 5.82 Å². The van der Waals surface area contributed by atoms with Gasteiger partial charge in [-0.15, -0.1) is 0 Å². The number of aryl methyl sites for hydroxylation is 1. The lowest BCUT2D eigenvalue weighted by molar-refractivity contribution is 1.19. The van der Waals surface area contributed by atoms with Crippen LogP contribution in [0, 0.1) is 6.92 Å². The van der Waals surface area contributed by atoms with Crippen LogP contribution in [0.2, 0.25) is 0 Å². The van der Waals surface area contributed by atoms with Gasteiger partial charge < -0.3 is 5.32 Å². The fourth-order valence-corrected chi connectivity index (χ4v) is 2.50. The third kappa shape index (κ3) is 2.14. The first-order valence-corrected chi connectivity index (χ1v) is 7.05. The van der Waals surface area contributed by atoms with E-state index < -0.39 is 0 Å². The van der Waals surface area contributed by atoms with Crippen LogP contribution in [0.4, 0.5) is 5.82 Å². The zero-order valence-electron chi connectivity index (χ0n) is 11.2. The number of hydrogen-bond donors (Lipinski definition) is 1. The lowest BCUT2D eigenvalue weighted by Crippen LogP contribution is -2.00. The quantitative estimate of drug-likeness (QED) is 0.777. The Balaban J connectivity index is 2.31. The highest BCUT2D eigenvalue weighted by Crippen LogP contribution is 2.31. The lowest BCUT2D eigenvalue weighted by Gasteiger charge is -2.11. The first-order valence-electron chi connectivity index (χ1n) is 6.25. The second kappa shape index (κ2) is 5.17. The number of rotatable bonds is 2. The fraction of sp³-hybridized carbons (Fsp3) is 0.133. The minimum absolute atomic E-state index is 0.677. The first-order chi connectivity index (χ1) is 9.70. The Kier molecular flexibility index (Phi) is 3.36. The normalized spacial score (nSPS) is 10.8. The predicted molar refractivity (Wildman–Crippen MR) is 84.8 cm³/mol. The van der Waals surface area contributed by atoms with Gasteiger partial charge in [-0.1, -0.05) is 15.9 Å². The summed E-state index contributed by atoms with van der Waals surface area (Å²) in [6.07, 6.45) is 3.51. The van der Waals surface area contributed by atoms with Crippen LogP contribution in [0.1, 0.15) is 5.56 Å². The largest absolute Gasteiger partial charge is 0.373 e. The molecule has 0 unspecified atom stereocenters. The zero-order chi connectivity index (χ0) is 14.1. The molecule has 0 saturated carbocycles. The van der Waals surface area contributed by atoms with E-state index in [4.69, 9.17) is 0 Å². The molecule has 3 rings (SSSR count). The molecule has 5 heteroatoms. The van der Waals surface area contributed by atoms with Gasteiger partial charge in [-0.05, 0) is 36.8 Å². The Hall–Kier alpha value is -2.01. The van der Waals surface area contributed by atoms with Crippen molar-refractivity contribution in [3.05, 3.63) is 46.7 Å². The molecule has 0 amide bonds. The van der Waals surface area contributed by atoms with Crippen LogP contribution in [0.25, 0.3) is 22.3 Å². The zero-order valence-corrected chi connectivity index (χ0v) is 12.8. The summed E-state index contributed by atoms with van der Waals surface area (Å²) in [6.45, 7) is 2.06. The van der Waals surface area contributed by atoms with Crippen LogP contribution < -0.4 is 5.32 Å². The lowest BCUT2D eigenvalue weighted by atomic mass is 10.1. The molecule has 4 nitrogen and oxygen atoms in total. The topological polar surface area (TPSA) is 50.7 Å². The van der Waals surface area contributed by atoms with Crippen LogP contribution in [0.3, 0.4) is 0 Å².